The van der Waals surface area contributed by atoms with E-state index in [0.29, 0.717) is 23.0 Å². The monoisotopic (exact) mass is 445 g/mol. The fourth-order valence-electron chi connectivity index (χ4n) is 3.39. The van der Waals surface area contributed by atoms with Crippen LogP contribution in [0.15, 0.2) is 77.4 Å². The van der Waals surface area contributed by atoms with E-state index in [1.807, 2.05) is 24.3 Å². The molecule has 1 aliphatic rings. The molecule has 0 fully saturated rings. The number of cyclic esters (lactones) is 1. The third kappa shape index (κ3) is 5.12. The number of aliphatic imine (C=N–C) groups is 1. The zero-order chi connectivity index (χ0) is 23.4. The predicted octanol–water partition coefficient (Wildman–Crippen LogP) is 5.88. The van der Waals surface area contributed by atoms with Gasteiger partial charge < -0.3 is 14.2 Å². The van der Waals surface area contributed by atoms with Crippen LogP contribution in [0.4, 0.5) is 4.39 Å². The van der Waals surface area contributed by atoms with Crippen molar-refractivity contribution < 1.29 is 23.4 Å². The van der Waals surface area contributed by atoms with Crippen LogP contribution in [0.2, 0.25) is 0 Å². The number of esters is 1. The molecule has 1 heterocycles. The average molecular weight is 445 g/mol. The van der Waals surface area contributed by atoms with Gasteiger partial charge >= 0.3 is 5.97 Å². The van der Waals surface area contributed by atoms with Crippen molar-refractivity contribution in [3.8, 4) is 11.5 Å². The first-order chi connectivity index (χ1) is 15.9. The third-order valence-corrected chi connectivity index (χ3v) is 5.26. The second-order valence-electron chi connectivity index (χ2n) is 7.91. The Morgan fingerprint density at radius 1 is 1.03 bits per heavy atom. The van der Waals surface area contributed by atoms with Crippen LogP contribution in [0, 0.1) is 5.82 Å². The Balaban J connectivity index is 1.62. The van der Waals surface area contributed by atoms with Crippen LogP contribution in [0.5, 0.6) is 11.5 Å². The molecule has 1 aliphatic heterocycles. The molecule has 4 rings (SSSR count). The number of hydrogen-bond acceptors (Lipinski definition) is 5. The van der Waals surface area contributed by atoms with E-state index in [1.54, 1.807) is 36.4 Å². The number of rotatable bonds is 7. The number of benzene rings is 3. The molecule has 0 amide bonds. The molecule has 0 spiro atoms. The molecular weight excluding hydrogens is 421 g/mol. The van der Waals surface area contributed by atoms with Crippen LogP contribution in [0.3, 0.4) is 0 Å². The van der Waals surface area contributed by atoms with Crippen molar-refractivity contribution in [2.24, 2.45) is 4.99 Å². The largest absolute Gasteiger partial charge is 0.493 e. The Morgan fingerprint density at radius 3 is 2.42 bits per heavy atom. The molecule has 0 saturated carbocycles. The van der Waals surface area contributed by atoms with Gasteiger partial charge in [-0.25, -0.2) is 14.2 Å². The van der Waals surface area contributed by atoms with Crippen LogP contribution in [0.1, 0.15) is 42.0 Å². The van der Waals surface area contributed by atoms with Crippen LogP contribution in [-0.4, -0.2) is 19.0 Å². The van der Waals surface area contributed by atoms with E-state index in [-0.39, 0.29) is 24.0 Å². The molecule has 3 aromatic carbocycles. The topological polar surface area (TPSA) is 57.1 Å². The van der Waals surface area contributed by atoms with Gasteiger partial charge in [0, 0.05) is 11.1 Å². The molecule has 3 aromatic rings. The molecule has 0 atom stereocenters. The highest BCUT2D eigenvalue weighted by atomic mass is 19.1. The molecule has 0 aliphatic carbocycles. The van der Waals surface area contributed by atoms with Gasteiger partial charge in [0.05, 0.1) is 7.11 Å². The third-order valence-electron chi connectivity index (χ3n) is 5.26. The molecular formula is C27H24FNO4. The van der Waals surface area contributed by atoms with Crippen LogP contribution >= 0.6 is 0 Å². The number of ether oxygens (including phenoxy) is 3. The Bertz CT molecular complexity index is 1210. The molecule has 0 N–H and O–H groups in total. The Labute approximate surface area is 192 Å². The maximum absolute atomic E-state index is 13.2. The average Bonchev–Trinajstić information content (AvgIpc) is 3.19. The van der Waals surface area contributed by atoms with E-state index in [9.17, 15) is 9.18 Å². The Morgan fingerprint density at radius 2 is 1.76 bits per heavy atom. The summed E-state index contributed by atoms with van der Waals surface area (Å²) in [5, 5.41) is 0. The van der Waals surface area contributed by atoms with Crippen molar-refractivity contribution in [3.05, 3.63) is 100 Å². The summed E-state index contributed by atoms with van der Waals surface area (Å²) in [5.74, 6) is 0.780. The van der Waals surface area contributed by atoms with Gasteiger partial charge in [0.1, 0.15) is 12.4 Å². The van der Waals surface area contributed by atoms with Crippen molar-refractivity contribution in [2.45, 2.75) is 26.4 Å². The number of para-hydroxylation sites is 1. The minimum Gasteiger partial charge on any atom is -0.493 e. The highest BCUT2D eigenvalue weighted by Crippen LogP contribution is 2.34. The van der Waals surface area contributed by atoms with Crippen molar-refractivity contribution >= 4 is 17.9 Å². The molecule has 168 valence electrons. The number of hydrogen-bond donors (Lipinski definition) is 0. The predicted molar refractivity (Wildman–Crippen MR) is 125 cm³/mol. The van der Waals surface area contributed by atoms with Gasteiger partial charge in [0.15, 0.2) is 17.2 Å². The first kappa shape index (κ1) is 22.3. The van der Waals surface area contributed by atoms with E-state index in [4.69, 9.17) is 14.2 Å². The maximum Gasteiger partial charge on any atom is 0.363 e. The first-order valence-corrected chi connectivity index (χ1v) is 10.6. The highest BCUT2D eigenvalue weighted by Gasteiger charge is 2.25. The van der Waals surface area contributed by atoms with Crippen molar-refractivity contribution in [1.29, 1.82) is 0 Å². The van der Waals surface area contributed by atoms with Gasteiger partial charge in [-0.15, -0.1) is 0 Å². The molecule has 0 radical (unpaired) electrons. The minimum absolute atomic E-state index is 0.165. The zero-order valence-electron chi connectivity index (χ0n) is 18.7. The van der Waals surface area contributed by atoms with E-state index < -0.39 is 5.97 Å². The fourth-order valence-corrected chi connectivity index (χ4v) is 3.39. The lowest BCUT2D eigenvalue weighted by Crippen LogP contribution is -2.05. The molecule has 6 heteroatoms. The Kier molecular flexibility index (Phi) is 6.54. The van der Waals surface area contributed by atoms with Gasteiger partial charge in [-0.05, 0) is 53.5 Å². The molecule has 5 nitrogen and oxygen atoms in total. The molecule has 0 unspecified atom stereocenters. The van der Waals surface area contributed by atoms with E-state index in [1.165, 1.54) is 24.8 Å². The molecule has 33 heavy (non-hydrogen) atoms. The quantitative estimate of drug-likeness (QED) is 0.337. The normalized spacial score (nSPS) is 14.4. The number of methoxy groups -OCH3 is 1. The summed E-state index contributed by atoms with van der Waals surface area (Å²) in [5.41, 5.74) is 3.50. The lowest BCUT2D eigenvalue weighted by molar-refractivity contribution is -0.129. The van der Waals surface area contributed by atoms with Crippen molar-refractivity contribution in [2.75, 3.05) is 7.11 Å². The zero-order valence-corrected chi connectivity index (χ0v) is 18.7. The van der Waals surface area contributed by atoms with Crippen molar-refractivity contribution in [1.82, 2.24) is 0 Å². The summed E-state index contributed by atoms with van der Waals surface area (Å²) in [6, 6.07) is 19.2. The maximum atomic E-state index is 13.2. The van der Waals surface area contributed by atoms with Gasteiger partial charge in [-0.2, -0.15) is 0 Å². The smallest absolute Gasteiger partial charge is 0.363 e. The molecule has 0 bridgehead atoms. The number of carbonyl (C=O) groups is 1. The second-order valence-corrected chi connectivity index (χ2v) is 7.91. The van der Waals surface area contributed by atoms with Gasteiger partial charge in [0.2, 0.25) is 5.90 Å². The lowest BCUT2D eigenvalue weighted by Gasteiger charge is -2.13. The molecule has 0 aromatic heterocycles. The van der Waals surface area contributed by atoms with E-state index in [0.717, 1.165) is 11.1 Å². The van der Waals surface area contributed by atoms with Crippen molar-refractivity contribution in [3.63, 3.8) is 0 Å². The van der Waals surface area contributed by atoms with Gasteiger partial charge in [0.25, 0.3) is 0 Å². The van der Waals surface area contributed by atoms with E-state index in [2.05, 4.69) is 18.8 Å². The summed E-state index contributed by atoms with van der Waals surface area (Å²) in [4.78, 5) is 16.9. The summed E-state index contributed by atoms with van der Waals surface area (Å²) in [6.45, 7) is 4.44. The van der Waals surface area contributed by atoms with Gasteiger partial charge in [-0.1, -0.05) is 50.2 Å². The van der Waals surface area contributed by atoms with Crippen LogP contribution in [-0.2, 0) is 16.1 Å². The molecule has 0 saturated heterocycles. The number of carbonyl (C=O) groups excluding carboxylic acids is 1. The lowest BCUT2D eigenvalue weighted by atomic mass is 10.0. The van der Waals surface area contributed by atoms with Crippen LogP contribution in [0.25, 0.3) is 6.08 Å². The fraction of sp³-hybridized carbons (Fsp3) is 0.185. The second kappa shape index (κ2) is 9.69. The summed E-state index contributed by atoms with van der Waals surface area (Å²) in [7, 11) is 1.54. The SMILES string of the molecule is COc1cccc(/C=C2\N=C(c3ccc(C(C)C)cc3)OC2=O)c1OCc1ccc(F)cc1. The van der Waals surface area contributed by atoms with Crippen LogP contribution < -0.4 is 9.47 Å². The van der Waals surface area contributed by atoms with E-state index >= 15 is 0 Å². The summed E-state index contributed by atoms with van der Waals surface area (Å²) < 4.78 is 30.0. The standard InChI is InChI=1S/C27H24FNO4/c1-17(2)19-9-11-20(12-10-19)26-29-23(27(30)33-26)15-21-5-4-6-24(31-3)25(21)32-16-18-7-13-22(28)14-8-18/h4-15,17H,16H2,1-3H3/b23-15-. The highest BCUT2D eigenvalue weighted by molar-refractivity contribution is 6.13. The summed E-state index contributed by atoms with van der Waals surface area (Å²) >= 11 is 0. The summed E-state index contributed by atoms with van der Waals surface area (Å²) in [6.07, 6.45) is 1.61. The Hall–Kier alpha value is -3.93. The number of halogens is 1. The first-order valence-electron chi connectivity index (χ1n) is 10.6. The van der Waals surface area contributed by atoms with Gasteiger partial charge in [-0.3, -0.25) is 0 Å². The number of nitrogens with zero attached hydrogens (tertiary/aromatic N) is 1. The minimum atomic E-state index is -0.537.